The third kappa shape index (κ3) is 3.82. The SMILES string of the molecule is Cc1ccccc1-c1cccc2[n+]1-c1ccccc1-c1cccc([n+]1C)N2c1ccc(C(C)(C)C)cc1. The number of pyridine rings is 2. The van der Waals surface area contributed by atoms with Crippen LogP contribution in [0.4, 0.5) is 17.3 Å². The molecule has 0 spiro atoms. The predicted octanol–water partition coefficient (Wildman–Crippen LogP) is 7.51. The van der Waals surface area contributed by atoms with E-state index in [1.54, 1.807) is 0 Å². The highest BCUT2D eigenvalue weighted by molar-refractivity contribution is 5.75. The molecule has 0 amide bonds. The van der Waals surface area contributed by atoms with Crippen molar-refractivity contribution in [2.75, 3.05) is 4.90 Å². The van der Waals surface area contributed by atoms with Crippen LogP contribution in [0.3, 0.4) is 0 Å². The molecule has 5 aromatic rings. The van der Waals surface area contributed by atoms with Crippen LogP contribution < -0.4 is 14.0 Å². The molecule has 37 heavy (non-hydrogen) atoms. The van der Waals surface area contributed by atoms with Crippen molar-refractivity contribution in [2.45, 2.75) is 33.1 Å². The lowest BCUT2D eigenvalue weighted by Gasteiger charge is -2.26. The van der Waals surface area contributed by atoms with Crippen LogP contribution in [0, 0.1) is 6.92 Å². The number of rotatable bonds is 2. The van der Waals surface area contributed by atoms with Gasteiger partial charge in [0, 0.05) is 17.7 Å². The summed E-state index contributed by atoms with van der Waals surface area (Å²) in [5, 5.41) is 0. The summed E-state index contributed by atoms with van der Waals surface area (Å²) in [6.45, 7) is 8.98. The van der Waals surface area contributed by atoms with Crippen LogP contribution in [-0.4, -0.2) is 0 Å². The van der Waals surface area contributed by atoms with Crippen LogP contribution in [0.25, 0.3) is 28.2 Å². The van der Waals surface area contributed by atoms with Gasteiger partial charge in [0.25, 0.3) is 11.6 Å². The molecule has 0 aliphatic carbocycles. The molecule has 0 radical (unpaired) electrons. The fourth-order valence-electron chi connectivity index (χ4n) is 5.44. The van der Waals surface area contributed by atoms with Crippen molar-refractivity contribution in [3.63, 3.8) is 0 Å². The smallest absolute Gasteiger partial charge is 0.229 e. The zero-order chi connectivity index (χ0) is 25.7. The van der Waals surface area contributed by atoms with E-state index in [1.165, 1.54) is 39.3 Å². The minimum Gasteiger partial charge on any atom is -0.229 e. The van der Waals surface area contributed by atoms with Crippen LogP contribution in [0.5, 0.6) is 0 Å². The summed E-state index contributed by atoms with van der Waals surface area (Å²) in [7, 11) is 2.17. The van der Waals surface area contributed by atoms with E-state index in [-0.39, 0.29) is 5.41 Å². The average Bonchev–Trinajstić information content (AvgIpc) is 2.90. The zero-order valence-corrected chi connectivity index (χ0v) is 22.2. The molecule has 3 aromatic carbocycles. The Labute approximate surface area is 219 Å². The number of anilines is 3. The lowest BCUT2D eigenvalue weighted by molar-refractivity contribution is -0.650. The summed E-state index contributed by atoms with van der Waals surface area (Å²) in [5.74, 6) is 2.22. The van der Waals surface area contributed by atoms with Gasteiger partial charge in [-0.05, 0) is 72.0 Å². The van der Waals surface area contributed by atoms with Gasteiger partial charge >= 0.3 is 0 Å². The summed E-state index contributed by atoms with van der Waals surface area (Å²) < 4.78 is 4.73. The Morgan fingerprint density at radius 1 is 0.595 bits per heavy atom. The molecule has 0 N–H and O–H groups in total. The fourth-order valence-corrected chi connectivity index (χ4v) is 5.44. The van der Waals surface area contributed by atoms with Crippen molar-refractivity contribution in [3.05, 3.63) is 120 Å². The number of nitrogens with zero attached hydrogens (tertiary/aromatic N) is 3. The molecular weight excluding hydrogens is 450 g/mol. The molecule has 1 aliphatic rings. The second-order valence-electron chi connectivity index (χ2n) is 10.9. The van der Waals surface area contributed by atoms with E-state index >= 15 is 0 Å². The van der Waals surface area contributed by atoms with E-state index in [0.717, 1.165) is 17.3 Å². The normalized spacial score (nSPS) is 12.4. The molecule has 182 valence electrons. The largest absolute Gasteiger partial charge is 0.295 e. The van der Waals surface area contributed by atoms with Crippen molar-refractivity contribution >= 4 is 17.3 Å². The summed E-state index contributed by atoms with van der Waals surface area (Å²) in [6.07, 6.45) is 0. The van der Waals surface area contributed by atoms with Crippen LogP contribution in [0.2, 0.25) is 0 Å². The third-order valence-corrected chi connectivity index (χ3v) is 7.47. The summed E-state index contributed by atoms with van der Waals surface area (Å²) in [5.41, 5.74) is 9.78. The lowest BCUT2D eigenvalue weighted by atomic mass is 9.87. The van der Waals surface area contributed by atoms with Gasteiger partial charge in [0.15, 0.2) is 0 Å². The molecule has 0 saturated heterocycles. The van der Waals surface area contributed by atoms with E-state index < -0.39 is 0 Å². The summed E-state index contributed by atoms with van der Waals surface area (Å²) in [4.78, 5) is 2.38. The fraction of sp³-hybridized carbons (Fsp3) is 0.176. The van der Waals surface area contributed by atoms with Crippen molar-refractivity contribution < 1.29 is 9.13 Å². The van der Waals surface area contributed by atoms with Crippen molar-refractivity contribution in [2.24, 2.45) is 7.05 Å². The highest BCUT2D eigenvalue weighted by Crippen LogP contribution is 2.38. The Bertz CT molecular complexity index is 1620. The monoisotopic (exact) mass is 483 g/mol. The van der Waals surface area contributed by atoms with Crippen LogP contribution in [0.1, 0.15) is 31.9 Å². The highest BCUT2D eigenvalue weighted by Gasteiger charge is 2.35. The predicted molar refractivity (Wildman–Crippen MR) is 152 cm³/mol. The molecule has 0 fully saturated rings. The minimum absolute atomic E-state index is 0.100. The standard InChI is InChI=1S/C34H33N3/c1-24-12-6-7-13-27(24)30-17-11-19-33-36(26-22-20-25(21-23-26)34(2,3)4)32-18-10-16-29(35(32)5)28-14-8-9-15-31(28)37(30)33/h6-23H,1-5H3/q+2. The number of aryl methyl sites for hydroxylation is 1. The molecule has 2 aromatic heterocycles. The number of para-hydroxylation sites is 1. The maximum Gasteiger partial charge on any atom is 0.295 e. The lowest BCUT2D eigenvalue weighted by Crippen LogP contribution is -2.47. The minimum atomic E-state index is 0.100. The van der Waals surface area contributed by atoms with Crippen molar-refractivity contribution in [1.29, 1.82) is 0 Å². The van der Waals surface area contributed by atoms with Crippen molar-refractivity contribution in [1.82, 2.24) is 0 Å². The maximum atomic E-state index is 2.43. The zero-order valence-electron chi connectivity index (χ0n) is 22.2. The van der Waals surface area contributed by atoms with E-state index in [4.69, 9.17) is 0 Å². The number of fused-ring (bicyclic) bond motifs is 6. The number of aromatic nitrogens is 2. The second-order valence-corrected chi connectivity index (χ2v) is 10.9. The van der Waals surface area contributed by atoms with Gasteiger partial charge < -0.3 is 0 Å². The van der Waals surface area contributed by atoms with E-state index in [2.05, 4.69) is 158 Å². The van der Waals surface area contributed by atoms with Gasteiger partial charge in [0.1, 0.15) is 22.8 Å². The molecule has 3 heterocycles. The van der Waals surface area contributed by atoms with E-state index in [9.17, 15) is 0 Å². The topological polar surface area (TPSA) is 11.0 Å². The first-order valence-corrected chi connectivity index (χ1v) is 13.0. The molecule has 0 atom stereocenters. The molecule has 0 unspecified atom stereocenters. The Morgan fingerprint density at radius 2 is 1.22 bits per heavy atom. The maximum absolute atomic E-state index is 2.43. The molecule has 1 aliphatic heterocycles. The highest BCUT2D eigenvalue weighted by atomic mass is 15.3. The van der Waals surface area contributed by atoms with Crippen LogP contribution >= 0.6 is 0 Å². The Kier molecular flexibility index (Phi) is 5.45. The molecule has 6 rings (SSSR count). The van der Waals surface area contributed by atoms with Gasteiger partial charge in [-0.3, -0.25) is 0 Å². The van der Waals surface area contributed by atoms with Crippen molar-refractivity contribution in [3.8, 4) is 28.2 Å². The summed E-state index contributed by atoms with van der Waals surface area (Å²) >= 11 is 0. The first-order valence-electron chi connectivity index (χ1n) is 13.0. The van der Waals surface area contributed by atoms with Crippen LogP contribution in [-0.2, 0) is 12.5 Å². The van der Waals surface area contributed by atoms with Gasteiger partial charge in [-0.25, -0.2) is 4.57 Å². The van der Waals surface area contributed by atoms with Gasteiger partial charge in [0.05, 0.1) is 12.6 Å². The molecule has 0 saturated carbocycles. The van der Waals surface area contributed by atoms with Crippen LogP contribution in [0.15, 0.2) is 109 Å². The molecule has 3 heteroatoms. The van der Waals surface area contributed by atoms with E-state index in [1.807, 2.05) is 0 Å². The number of hydrogen-bond donors (Lipinski definition) is 0. The van der Waals surface area contributed by atoms with Gasteiger partial charge in [-0.15, -0.1) is 0 Å². The number of hydrogen-bond acceptors (Lipinski definition) is 1. The van der Waals surface area contributed by atoms with Gasteiger partial charge in [-0.1, -0.05) is 69.3 Å². The first-order chi connectivity index (χ1) is 17.8. The molecular formula is C34H33N3+2. The molecule has 3 nitrogen and oxygen atoms in total. The second kappa shape index (κ2) is 8.70. The Balaban J connectivity index is 1.71. The van der Waals surface area contributed by atoms with Gasteiger partial charge in [0.2, 0.25) is 0 Å². The molecule has 2 bridgehead atoms. The Hall–Kier alpha value is -4.24. The Morgan fingerprint density at radius 3 is 1.92 bits per heavy atom. The van der Waals surface area contributed by atoms with E-state index in [0.29, 0.717) is 0 Å². The first kappa shape index (κ1) is 23.2. The summed E-state index contributed by atoms with van der Waals surface area (Å²) in [6, 6.07) is 39.7. The van der Waals surface area contributed by atoms with Gasteiger partial charge in [-0.2, -0.15) is 9.47 Å². The quantitative estimate of drug-likeness (QED) is 0.232. The number of benzene rings is 3. The average molecular weight is 484 g/mol. The third-order valence-electron chi connectivity index (χ3n) is 7.47.